The maximum atomic E-state index is 14.2. The Kier molecular flexibility index (Phi) is 7.17. The molecule has 1 aliphatic heterocycles. The number of hydrogen-bond donors (Lipinski definition) is 3. The number of nitriles is 1. The number of aliphatic imine (C=N–C) groups is 1. The van der Waals surface area contributed by atoms with Crippen LogP contribution < -0.4 is 10.6 Å². The second-order valence-electron chi connectivity index (χ2n) is 12.6. The molecule has 5 aliphatic rings. The number of carbonyl (C=O) groups is 2. The average Bonchev–Trinajstić information content (AvgIpc) is 2.88. The first-order valence-corrected chi connectivity index (χ1v) is 13.9. The Morgan fingerprint density at radius 1 is 1.18 bits per heavy atom. The number of aromatic carboxylic acids is 1. The van der Waals surface area contributed by atoms with E-state index in [1.165, 1.54) is 12.1 Å². The molecule has 4 saturated carbocycles. The first-order valence-electron chi connectivity index (χ1n) is 13.9. The molecule has 1 amide bonds. The molecular weight excluding hydrogens is 504 g/mol. The maximum Gasteiger partial charge on any atom is 0.335 e. The monoisotopic (exact) mass is 541 g/mol. The molecule has 1 heterocycles. The van der Waals surface area contributed by atoms with Crippen LogP contribution in [0.5, 0.6) is 0 Å². The molecule has 1 saturated heterocycles. The van der Waals surface area contributed by atoms with Crippen LogP contribution in [0.15, 0.2) is 29.3 Å². The van der Waals surface area contributed by atoms with Gasteiger partial charge in [-0.05, 0) is 94.4 Å². The number of piperidine rings is 1. The molecule has 8 nitrogen and oxygen atoms in total. The SMILES string of the molecule is CC(C)(/C(=N\C#N)NC1C2CC3CC1CC(C(=O)NCc1ccc(C(=O)O)cc1)(C3)C2)N1CCCC(F)(F)C1. The predicted molar refractivity (Wildman–Crippen MR) is 141 cm³/mol. The van der Waals surface area contributed by atoms with Crippen molar-refractivity contribution in [2.45, 2.75) is 82.8 Å². The summed E-state index contributed by atoms with van der Waals surface area (Å²) in [6.07, 6.45) is 6.51. The fraction of sp³-hybridized carbons (Fsp3) is 0.655. The zero-order valence-electron chi connectivity index (χ0n) is 22.6. The molecule has 210 valence electrons. The lowest BCUT2D eigenvalue weighted by Gasteiger charge is -2.59. The first kappa shape index (κ1) is 27.5. The van der Waals surface area contributed by atoms with Gasteiger partial charge in [0.15, 0.2) is 0 Å². The molecule has 39 heavy (non-hydrogen) atoms. The van der Waals surface area contributed by atoms with E-state index in [4.69, 9.17) is 5.11 Å². The zero-order chi connectivity index (χ0) is 28.0. The molecule has 10 heteroatoms. The number of amides is 1. The largest absolute Gasteiger partial charge is 0.478 e. The summed E-state index contributed by atoms with van der Waals surface area (Å²) in [7, 11) is 0. The van der Waals surface area contributed by atoms with Crippen LogP contribution in [0.3, 0.4) is 0 Å². The van der Waals surface area contributed by atoms with Crippen LogP contribution in [-0.2, 0) is 11.3 Å². The first-order chi connectivity index (χ1) is 18.4. The summed E-state index contributed by atoms with van der Waals surface area (Å²) in [6, 6.07) is 6.57. The van der Waals surface area contributed by atoms with Crippen LogP contribution >= 0.6 is 0 Å². The minimum Gasteiger partial charge on any atom is -0.478 e. The maximum absolute atomic E-state index is 14.2. The zero-order valence-corrected chi connectivity index (χ0v) is 22.6. The van der Waals surface area contributed by atoms with Gasteiger partial charge < -0.3 is 15.7 Å². The molecule has 4 bridgehead atoms. The van der Waals surface area contributed by atoms with Crippen molar-refractivity contribution in [2.24, 2.45) is 28.2 Å². The minimum absolute atomic E-state index is 0.0442. The molecule has 1 aromatic rings. The number of nitrogens with one attached hydrogen (secondary N) is 2. The second kappa shape index (κ2) is 10.2. The molecule has 0 spiro atoms. The summed E-state index contributed by atoms with van der Waals surface area (Å²) >= 11 is 0. The molecule has 0 radical (unpaired) electrons. The smallest absolute Gasteiger partial charge is 0.335 e. The number of carboxylic acid groups (broad SMARTS) is 1. The number of hydrogen-bond acceptors (Lipinski definition) is 5. The summed E-state index contributed by atoms with van der Waals surface area (Å²) < 4.78 is 28.5. The standard InChI is InChI=1S/C29H37F2N5O3/c1-27(2,36-9-3-8-29(30,31)16-36)25(34-17-32)35-23-21-10-19-11-22(23)14-28(12-19,13-21)26(39)33-15-18-4-6-20(7-5-18)24(37)38/h4-7,19,21-23H,3,8-16H2,1-2H3,(H,33,39)(H,34,35)(H,37,38). The summed E-state index contributed by atoms with van der Waals surface area (Å²) in [4.78, 5) is 30.5. The highest BCUT2D eigenvalue weighted by Gasteiger charge is 2.59. The highest BCUT2D eigenvalue weighted by Crippen LogP contribution is 2.60. The van der Waals surface area contributed by atoms with Gasteiger partial charge in [-0.2, -0.15) is 10.3 Å². The minimum atomic E-state index is -2.76. The van der Waals surface area contributed by atoms with Gasteiger partial charge in [-0.15, -0.1) is 0 Å². The van der Waals surface area contributed by atoms with E-state index in [-0.39, 0.29) is 42.3 Å². The van der Waals surface area contributed by atoms with Gasteiger partial charge in [0.25, 0.3) is 5.92 Å². The number of halogens is 2. The molecule has 5 fully saturated rings. The lowest BCUT2D eigenvalue weighted by atomic mass is 9.47. The number of benzene rings is 1. The number of carbonyl (C=O) groups excluding carboxylic acids is 1. The Morgan fingerprint density at radius 3 is 2.44 bits per heavy atom. The van der Waals surface area contributed by atoms with Crippen LogP contribution in [0.25, 0.3) is 0 Å². The van der Waals surface area contributed by atoms with Crippen LogP contribution in [0, 0.1) is 34.6 Å². The van der Waals surface area contributed by atoms with Gasteiger partial charge in [-0.3, -0.25) is 9.69 Å². The second-order valence-corrected chi connectivity index (χ2v) is 12.6. The molecule has 6 rings (SSSR count). The van der Waals surface area contributed by atoms with Gasteiger partial charge in [0.1, 0.15) is 5.84 Å². The van der Waals surface area contributed by atoms with E-state index in [0.717, 1.165) is 37.7 Å². The number of amidine groups is 1. The summed E-state index contributed by atoms with van der Waals surface area (Å²) in [5.41, 5.74) is -0.228. The van der Waals surface area contributed by atoms with Gasteiger partial charge in [-0.25, -0.2) is 13.6 Å². The third kappa shape index (κ3) is 5.38. The van der Waals surface area contributed by atoms with Crippen molar-refractivity contribution in [3.63, 3.8) is 0 Å². The molecule has 4 aliphatic carbocycles. The van der Waals surface area contributed by atoms with E-state index >= 15 is 0 Å². The van der Waals surface area contributed by atoms with Crippen molar-refractivity contribution in [3.05, 3.63) is 35.4 Å². The van der Waals surface area contributed by atoms with Crippen LogP contribution in [0.1, 0.15) is 74.7 Å². The molecule has 1 aromatic carbocycles. The van der Waals surface area contributed by atoms with Gasteiger partial charge >= 0.3 is 5.97 Å². The Balaban J connectivity index is 1.27. The van der Waals surface area contributed by atoms with Crippen molar-refractivity contribution in [1.29, 1.82) is 5.26 Å². The van der Waals surface area contributed by atoms with E-state index in [2.05, 4.69) is 15.6 Å². The third-order valence-electron chi connectivity index (χ3n) is 9.64. The van der Waals surface area contributed by atoms with Crippen LogP contribution in [0.4, 0.5) is 8.78 Å². The topological polar surface area (TPSA) is 118 Å². The Bertz CT molecular complexity index is 1180. The van der Waals surface area contributed by atoms with Crippen LogP contribution in [-0.4, -0.2) is 58.3 Å². The highest BCUT2D eigenvalue weighted by molar-refractivity contribution is 5.92. The number of nitrogens with zero attached hydrogens (tertiary/aromatic N) is 3. The van der Waals surface area contributed by atoms with E-state index in [1.54, 1.807) is 17.0 Å². The Labute approximate surface area is 227 Å². The van der Waals surface area contributed by atoms with Crippen molar-refractivity contribution in [2.75, 3.05) is 13.1 Å². The van der Waals surface area contributed by atoms with Crippen molar-refractivity contribution >= 4 is 17.7 Å². The average molecular weight is 542 g/mol. The van der Waals surface area contributed by atoms with Crippen LogP contribution in [0.2, 0.25) is 0 Å². The molecule has 2 unspecified atom stereocenters. The van der Waals surface area contributed by atoms with Crippen molar-refractivity contribution < 1.29 is 23.5 Å². The lowest BCUT2D eigenvalue weighted by molar-refractivity contribution is -0.149. The predicted octanol–water partition coefficient (Wildman–Crippen LogP) is 4.17. The van der Waals surface area contributed by atoms with Gasteiger partial charge in [0.2, 0.25) is 12.1 Å². The summed E-state index contributed by atoms with van der Waals surface area (Å²) in [5, 5.41) is 25.2. The number of rotatable bonds is 7. The fourth-order valence-corrected chi connectivity index (χ4v) is 7.82. The quantitative estimate of drug-likeness (QED) is 0.271. The number of alkyl halides is 2. The van der Waals surface area contributed by atoms with E-state index in [9.17, 15) is 23.6 Å². The summed E-state index contributed by atoms with van der Waals surface area (Å²) in [6.45, 7) is 4.22. The fourth-order valence-electron chi connectivity index (χ4n) is 7.82. The molecule has 3 N–H and O–H groups in total. The molecule has 0 aromatic heterocycles. The summed E-state index contributed by atoms with van der Waals surface area (Å²) in [5.74, 6) is -2.33. The van der Waals surface area contributed by atoms with Gasteiger partial charge in [-0.1, -0.05) is 12.1 Å². The lowest BCUT2D eigenvalue weighted by Crippen LogP contribution is -2.66. The van der Waals surface area contributed by atoms with Gasteiger partial charge in [0.05, 0.1) is 23.1 Å². The number of carboxylic acids is 1. The number of likely N-dealkylation sites (tertiary alicyclic amines) is 1. The van der Waals surface area contributed by atoms with Crippen molar-refractivity contribution in [3.8, 4) is 6.19 Å². The Morgan fingerprint density at radius 2 is 1.85 bits per heavy atom. The van der Waals surface area contributed by atoms with E-state index < -0.39 is 22.8 Å². The van der Waals surface area contributed by atoms with E-state index in [0.29, 0.717) is 31.3 Å². The normalized spacial score (nSPS) is 31.9. The Hall–Kier alpha value is -3.06. The van der Waals surface area contributed by atoms with Gasteiger partial charge in [0, 0.05) is 19.0 Å². The molecular formula is C29H37F2N5O3. The van der Waals surface area contributed by atoms with Crippen molar-refractivity contribution in [1.82, 2.24) is 15.5 Å². The van der Waals surface area contributed by atoms with E-state index in [1.807, 2.05) is 20.0 Å². The third-order valence-corrected chi connectivity index (χ3v) is 9.64. The molecule has 2 atom stereocenters. The highest BCUT2D eigenvalue weighted by atomic mass is 19.3.